The molecule has 62 heavy (non-hydrogen) atoms. The fourth-order valence-electron chi connectivity index (χ4n) is 8.53. The summed E-state index contributed by atoms with van der Waals surface area (Å²) in [5.41, 5.74) is -4.79. The first-order chi connectivity index (χ1) is 29.5. The number of nitrogens with one attached hydrogen (secondary N) is 1. The van der Waals surface area contributed by atoms with Gasteiger partial charge in [0.1, 0.15) is 17.9 Å². The van der Waals surface area contributed by atoms with E-state index >= 15 is 8.78 Å². The van der Waals surface area contributed by atoms with E-state index in [9.17, 15) is 28.5 Å². The SMILES string of the molecule is CC(C)CC(=O)SCCOP(=O)(OCCSC(=O)CC(C)C)C(F)(F)c1ccc2sc(C(=O)N[C@H]3C[C@@H]4C[C@@H]4C[C@H]4CC[C@@H](C(=O)N5CC(c6ncccn6)C5)N4C3=O)cc2c1. The second-order valence-corrected chi connectivity index (χ2v) is 23.0. The van der Waals surface area contributed by atoms with Crippen LogP contribution in [0.3, 0.4) is 0 Å². The standard InChI is InChI=1S/C43H54F2N5O8PS3/c1-25(2)16-37(51)60-14-12-57-59(56,58-13-15-61-38(52)17-26(3)4)43(44,45)31-6-9-35-29(19-31)22-36(62-35)40(53)48-33-21-28-18-27(28)20-32-7-8-34(50(32)41(33)54)42(55)49-23-30(24-49)39-46-10-5-11-47-39/h5-6,9-11,19,22,25-28,30,32-34H,7-8,12-18,20-21,23-24H2,1-4H3,(H,48,53)/t27-,28+,32-,33+,34+/m1/s1. The smallest absolute Gasteiger partial charge is 0.340 e. The van der Waals surface area contributed by atoms with Crippen molar-refractivity contribution >= 4 is 80.5 Å². The molecule has 336 valence electrons. The molecule has 0 unspecified atom stereocenters. The summed E-state index contributed by atoms with van der Waals surface area (Å²) in [6, 6.07) is 5.31. The third-order valence-electron chi connectivity index (χ3n) is 11.8. The fourth-order valence-corrected chi connectivity index (χ4v) is 12.9. The summed E-state index contributed by atoms with van der Waals surface area (Å²) in [6.45, 7) is 7.62. The van der Waals surface area contributed by atoms with E-state index in [4.69, 9.17) is 9.05 Å². The molecule has 5 heterocycles. The molecule has 4 fully saturated rings. The summed E-state index contributed by atoms with van der Waals surface area (Å²) in [5, 5.41) is 2.96. The zero-order chi connectivity index (χ0) is 44.3. The summed E-state index contributed by atoms with van der Waals surface area (Å²) >= 11 is 2.89. The number of alkyl halides is 2. The number of carbonyl (C=O) groups excluding carboxylic acids is 5. The van der Waals surface area contributed by atoms with Gasteiger partial charge in [0.15, 0.2) is 10.2 Å². The van der Waals surface area contributed by atoms with Gasteiger partial charge in [0.05, 0.1) is 24.0 Å². The molecule has 2 aromatic heterocycles. The molecule has 1 aliphatic carbocycles. The summed E-state index contributed by atoms with van der Waals surface area (Å²) in [4.78, 5) is 78.9. The van der Waals surface area contributed by atoms with Gasteiger partial charge in [-0.1, -0.05) is 57.3 Å². The summed E-state index contributed by atoms with van der Waals surface area (Å²) < 4.78 is 58.1. The Morgan fingerprint density at radius 2 is 1.55 bits per heavy atom. The maximum atomic E-state index is 16.4. The summed E-state index contributed by atoms with van der Waals surface area (Å²) in [7, 11) is -5.23. The minimum absolute atomic E-state index is 0.0115. The number of carbonyl (C=O) groups is 5. The highest BCUT2D eigenvalue weighted by atomic mass is 32.2. The molecule has 0 bridgehead atoms. The molecule has 3 saturated heterocycles. The molecule has 19 heteroatoms. The van der Waals surface area contributed by atoms with Crippen LogP contribution in [0.5, 0.6) is 0 Å². The van der Waals surface area contributed by atoms with Crippen LogP contribution in [0.15, 0.2) is 42.7 Å². The number of hydrogen-bond acceptors (Lipinski definition) is 13. The molecule has 3 aliphatic heterocycles. The van der Waals surface area contributed by atoms with Gasteiger partial charge in [0.25, 0.3) is 5.91 Å². The number of benzene rings is 1. The maximum absolute atomic E-state index is 16.4. The van der Waals surface area contributed by atoms with Gasteiger partial charge in [-0.05, 0) is 85.4 Å². The van der Waals surface area contributed by atoms with E-state index in [1.54, 1.807) is 28.3 Å². The van der Waals surface area contributed by atoms with Gasteiger partial charge in [0.2, 0.25) is 11.8 Å². The van der Waals surface area contributed by atoms with Gasteiger partial charge >= 0.3 is 13.3 Å². The molecule has 1 N–H and O–H groups in total. The Bertz CT molecular complexity index is 2160. The number of amides is 3. The van der Waals surface area contributed by atoms with Gasteiger partial charge in [-0.15, -0.1) is 11.3 Å². The molecular weight excluding hydrogens is 880 g/mol. The van der Waals surface area contributed by atoms with Crippen LogP contribution in [0, 0.1) is 23.7 Å². The molecule has 1 aromatic carbocycles. The Kier molecular flexibility index (Phi) is 15.0. The first-order valence-corrected chi connectivity index (χ1v) is 25.7. The van der Waals surface area contributed by atoms with Gasteiger partial charge in [0, 0.05) is 66.1 Å². The van der Waals surface area contributed by atoms with Crippen molar-refractivity contribution in [3.05, 3.63) is 59.0 Å². The van der Waals surface area contributed by atoms with Crippen molar-refractivity contribution in [3.63, 3.8) is 0 Å². The molecule has 13 nitrogen and oxygen atoms in total. The Hall–Kier alpha value is -3.28. The third-order valence-corrected chi connectivity index (χ3v) is 16.6. The van der Waals surface area contributed by atoms with Crippen molar-refractivity contribution in [1.82, 2.24) is 25.1 Å². The average molecular weight is 934 g/mol. The van der Waals surface area contributed by atoms with Crippen LogP contribution in [0.2, 0.25) is 0 Å². The number of thiophene rings is 1. The molecule has 3 aromatic rings. The van der Waals surface area contributed by atoms with E-state index in [1.165, 1.54) is 12.1 Å². The van der Waals surface area contributed by atoms with E-state index in [-0.39, 0.29) is 68.1 Å². The Morgan fingerprint density at radius 1 is 0.919 bits per heavy atom. The zero-order valence-corrected chi connectivity index (χ0v) is 38.7. The van der Waals surface area contributed by atoms with Crippen LogP contribution >= 0.6 is 42.5 Å². The predicted molar refractivity (Wildman–Crippen MR) is 236 cm³/mol. The van der Waals surface area contributed by atoms with E-state index in [2.05, 4.69) is 15.3 Å². The largest absolute Gasteiger partial charge is 0.404 e. The molecule has 5 atom stereocenters. The molecule has 0 spiro atoms. The average Bonchev–Trinajstić information content (AvgIpc) is 3.55. The number of likely N-dealkylation sites (tertiary alicyclic amines) is 1. The Morgan fingerprint density at radius 3 is 2.18 bits per heavy atom. The number of fused-ring (bicyclic) bond motifs is 3. The topological polar surface area (TPSA) is 165 Å². The molecule has 4 aliphatic rings. The molecule has 7 rings (SSSR count). The monoisotopic (exact) mass is 933 g/mol. The first-order valence-electron chi connectivity index (χ1n) is 21.3. The van der Waals surface area contributed by atoms with E-state index in [0.717, 1.165) is 59.8 Å². The van der Waals surface area contributed by atoms with E-state index in [1.807, 2.05) is 27.7 Å². The fraction of sp³-hybridized carbons (Fsp3) is 0.605. The van der Waals surface area contributed by atoms with Crippen molar-refractivity contribution < 1.29 is 46.4 Å². The van der Waals surface area contributed by atoms with E-state index < -0.39 is 50.0 Å². The predicted octanol–water partition coefficient (Wildman–Crippen LogP) is 8.09. The lowest BCUT2D eigenvalue weighted by Gasteiger charge is -2.42. The zero-order valence-electron chi connectivity index (χ0n) is 35.3. The molecule has 1 saturated carbocycles. The number of nitrogens with zero attached hydrogens (tertiary/aromatic N) is 4. The van der Waals surface area contributed by atoms with Gasteiger partial charge in [-0.3, -0.25) is 28.5 Å². The number of thioether (sulfide) groups is 2. The van der Waals surface area contributed by atoms with Crippen molar-refractivity contribution in [2.24, 2.45) is 23.7 Å². The van der Waals surface area contributed by atoms with Crippen molar-refractivity contribution in [1.29, 1.82) is 0 Å². The second kappa shape index (κ2) is 19.9. The second-order valence-electron chi connectivity index (χ2n) is 17.5. The minimum Gasteiger partial charge on any atom is -0.340 e. The lowest BCUT2D eigenvalue weighted by atomic mass is 9.97. The van der Waals surface area contributed by atoms with Crippen LogP contribution in [0.25, 0.3) is 10.1 Å². The molecule has 3 amide bonds. The van der Waals surface area contributed by atoms with E-state index in [0.29, 0.717) is 67.0 Å². The molecular formula is C43H54F2N5O8PS3. The van der Waals surface area contributed by atoms with Crippen molar-refractivity contribution in [2.75, 3.05) is 37.8 Å². The van der Waals surface area contributed by atoms with Crippen LogP contribution in [-0.2, 0) is 38.5 Å². The van der Waals surface area contributed by atoms with Crippen molar-refractivity contribution in [3.8, 4) is 0 Å². The summed E-state index contributed by atoms with van der Waals surface area (Å²) in [5.74, 6) is 0.717. The third kappa shape index (κ3) is 10.8. The normalized spacial score (nSPS) is 22.9. The van der Waals surface area contributed by atoms with Gasteiger partial charge in [-0.25, -0.2) is 9.97 Å². The van der Waals surface area contributed by atoms with Gasteiger partial charge in [-0.2, -0.15) is 8.78 Å². The van der Waals surface area contributed by atoms with Crippen LogP contribution in [0.4, 0.5) is 8.78 Å². The van der Waals surface area contributed by atoms with Crippen LogP contribution < -0.4 is 5.32 Å². The number of hydrogen-bond donors (Lipinski definition) is 1. The van der Waals surface area contributed by atoms with Gasteiger partial charge < -0.3 is 24.2 Å². The maximum Gasteiger partial charge on any atom is 0.404 e. The van der Waals surface area contributed by atoms with Crippen LogP contribution in [-0.4, -0.2) is 104 Å². The number of aromatic nitrogens is 2. The lowest BCUT2D eigenvalue weighted by Crippen LogP contribution is -2.59. The highest BCUT2D eigenvalue weighted by molar-refractivity contribution is 8.13. The van der Waals surface area contributed by atoms with Crippen molar-refractivity contribution in [2.45, 2.75) is 102 Å². The first kappa shape index (κ1) is 46.7. The highest BCUT2D eigenvalue weighted by Crippen LogP contribution is 2.67. The Labute approximate surface area is 373 Å². The number of rotatable bonds is 18. The minimum atomic E-state index is -5.23. The lowest BCUT2D eigenvalue weighted by molar-refractivity contribution is -0.149. The Balaban J connectivity index is 1.03. The van der Waals surface area contributed by atoms with Crippen LogP contribution in [0.1, 0.15) is 99.6 Å². The highest BCUT2D eigenvalue weighted by Gasteiger charge is 2.56. The number of halogens is 2. The summed E-state index contributed by atoms with van der Waals surface area (Å²) in [6.07, 6.45) is 7.45. The molecule has 0 radical (unpaired) electrons. The quantitative estimate of drug-likeness (QED) is 0.0965.